The Balaban J connectivity index is 2.01. The second-order valence-electron chi connectivity index (χ2n) is 6.88. The van der Waals surface area contributed by atoms with Gasteiger partial charge in [0.15, 0.2) is 0 Å². The first-order valence-electron chi connectivity index (χ1n) is 8.19. The molecule has 0 radical (unpaired) electrons. The molecule has 1 aromatic carbocycles. The number of hydrogen-bond acceptors (Lipinski definition) is 5. The fourth-order valence-electron chi connectivity index (χ4n) is 3.88. The molecule has 0 unspecified atom stereocenters. The summed E-state index contributed by atoms with van der Waals surface area (Å²) in [5.41, 5.74) is 0.312. The minimum absolute atomic E-state index is 0.0508. The number of carboxylic acid groups (broad SMARTS) is 1. The zero-order valence-electron chi connectivity index (χ0n) is 14.6. The Labute approximate surface area is 147 Å². The lowest BCUT2D eigenvalue weighted by atomic mass is 9.76. The van der Waals surface area contributed by atoms with Gasteiger partial charge in [-0.3, -0.25) is 4.79 Å². The number of fused-ring (bicyclic) bond motifs is 1. The van der Waals surface area contributed by atoms with Crippen molar-refractivity contribution in [3.05, 3.63) is 23.3 Å². The number of methoxy groups -OCH3 is 1. The minimum atomic E-state index is -3.81. The molecule has 2 heterocycles. The minimum Gasteiger partial charge on any atom is -0.496 e. The molecule has 0 bridgehead atoms. The van der Waals surface area contributed by atoms with Gasteiger partial charge in [0.2, 0.25) is 10.0 Å². The van der Waals surface area contributed by atoms with Crippen molar-refractivity contribution in [1.29, 1.82) is 0 Å². The second kappa shape index (κ2) is 6.26. The van der Waals surface area contributed by atoms with Crippen LogP contribution in [0.25, 0.3) is 0 Å². The van der Waals surface area contributed by atoms with Crippen LogP contribution in [0, 0.1) is 25.2 Å². The van der Waals surface area contributed by atoms with Gasteiger partial charge in [0.1, 0.15) is 11.2 Å². The monoisotopic (exact) mass is 369 g/mol. The van der Waals surface area contributed by atoms with Crippen molar-refractivity contribution < 1.29 is 27.8 Å². The topological polar surface area (TPSA) is 93.1 Å². The van der Waals surface area contributed by atoms with Crippen molar-refractivity contribution >= 4 is 16.0 Å². The lowest BCUT2D eigenvalue weighted by Crippen LogP contribution is -2.46. The van der Waals surface area contributed by atoms with E-state index in [-0.39, 0.29) is 30.5 Å². The molecule has 2 aliphatic heterocycles. The van der Waals surface area contributed by atoms with Gasteiger partial charge in [0.05, 0.1) is 18.6 Å². The highest BCUT2D eigenvalue weighted by molar-refractivity contribution is 7.89. The van der Waals surface area contributed by atoms with E-state index in [0.29, 0.717) is 24.3 Å². The van der Waals surface area contributed by atoms with Gasteiger partial charge in [-0.1, -0.05) is 6.07 Å². The van der Waals surface area contributed by atoms with E-state index in [1.54, 1.807) is 13.0 Å². The predicted molar refractivity (Wildman–Crippen MR) is 90.2 cm³/mol. The number of carbonyl (C=O) groups is 1. The maximum absolute atomic E-state index is 13.2. The summed E-state index contributed by atoms with van der Waals surface area (Å²) in [6.45, 7) is 4.24. The van der Waals surface area contributed by atoms with E-state index in [1.165, 1.54) is 17.5 Å². The van der Waals surface area contributed by atoms with E-state index < -0.39 is 21.4 Å². The van der Waals surface area contributed by atoms with Crippen molar-refractivity contribution in [2.45, 2.75) is 25.2 Å². The fraction of sp³-hybridized carbons (Fsp3) is 0.588. The molecule has 1 N–H and O–H groups in total. The molecule has 0 aromatic heterocycles. The summed E-state index contributed by atoms with van der Waals surface area (Å²) in [6, 6.07) is 3.29. The highest BCUT2D eigenvalue weighted by Gasteiger charge is 2.56. The summed E-state index contributed by atoms with van der Waals surface area (Å²) in [7, 11) is -2.32. The van der Waals surface area contributed by atoms with Gasteiger partial charge in [0.25, 0.3) is 0 Å². The molecule has 0 spiro atoms. The number of hydrogen-bond donors (Lipinski definition) is 1. The van der Waals surface area contributed by atoms with Gasteiger partial charge < -0.3 is 14.6 Å². The number of sulfonamides is 1. The number of carboxylic acids is 1. The molecular formula is C17H23NO6S. The first-order valence-corrected chi connectivity index (χ1v) is 9.63. The number of rotatable bonds is 4. The average molecular weight is 369 g/mol. The fourth-order valence-corrected chi connectivity index (χ4v) is 5.65. The molecule has 8 heteroatoms. The van der Waals surface area contributed by atoms with Crippen LogP contribution in [0.5, 0.6) is 5.75 Å². The first kappa shape index (κ1) is 18.2. The van der Waals surface area contributed by atoms with Gasteiger partial charge in [-0.15, -0.1) is 0 Å². The molecule has 2 atom stereocenters. The van der Waals surface area contributed by atoms with E-state index >= 15 is 0 Å². The zero-order valence-corrected chi connectivity index (χ0v) is 15.4. The van der Waals surface area contributed by atoms with Crippen LogP contribution in [0.1, 0.15) is 17.5 Å². The molecule has 2 saturated heterocycles. The van der Waals surface area contributed by atoms with Crippen LogP contribution >= 0.6 is 0 Å². The molecule has 25 heavy (non-hydrogen) atoms. The standard InChI is InChI=1S/C17H23NO6S/c1-11-6-12(2)15(7-14(11)23-3)25(21,22)18-8-13-4-5-24-10-17(13,9-18)16(19)20/h6-7,13H,4-5,8-10H2,1-3H3,(H,19,20)/t13-,17+/m0/s1. The molecule has 2 aliphatic rings. The van der Waals surface area contributed by atoms with E-state index in [1.807, 2.05) is 6.92 Å². The van der Waals surface area contributed by atoms with Crippen molar-refractivity contribution in [2.75, 3.05) is 33.4 Å². The Kier molecular flexibility index (Phi) is 4.55. The van der Waals surface area contributed by atoms with Crippen LogP contribution in [-0.4, -0.2) is 57.2 Å². The summed E-state index contributed by atoms with van der Waals surface area (Å²) in [4.78, 5) is 12.0. The molecule has 0 amide bonds. The summed E-state index contributed by atoms with van der Waals surface area (Å²) in [6.07, 6.45) is 0.550. The first-order chi connectivity index (χ1) is 11.7. The van der Waals surface area contributed by atoms with E-state index in [2.05, 4.69) is 0 Å². The molecule has 138 valence electrons. The third kappa shape index (κ3) is 2.82. The van der Waals surface area contributed by atoms with Crippen LogP contribution in [0.3, 0.4) is 0 Å². The highest BCUT2D eigenvalue weighted by atomic mass is 32.2. The third-order valence-corrected chi connectivity index (χ3v) is 7.32. The lowest BCUT2D eigenvalue weighted by molar-refractivity contribution is -0.159. The Morgan fingerprint density at radius 3 is 2.68 bits per heavy atom. The third-order valence-electron chi connectivity index (χ3n) is 5.37. The zero-order chi connectivity index (χ0) is 18.4. The summed E-state index contributed by atoms with van der Waals surface area (Å²) in [5.74, 6) is -0.730. The second-order valence-corrected chi connectivity index (χ2v) is 8.79. The number of nitrogens with zero attached hydrogens (tertiary/aromatic N) is 1. The Hall–Kier alpha value is -1.64. The van der Waals surface area contributed by atoms with Crippen LogP contribution in [0.2, 0.25) is 0 Å². The van der Waals surface area contributed by atoms with Crippen molar-refractivity contribution in [3.8, 4) is 5.75 Å². The molecule has 1 aromatic rings. The largest absolute Gasteiger partial charge is 0.496 e. The number of aliphatic carboxylic acids is 1. The highest BCUT2D eigenvalue weighted by Crippen LogP contribution is 2.44. The van der Waals surface area contributed by atoms with Crippen LogP contribution in [-0.2, 0) is 19.6 Å². The molecule has 2 fully saturated rings. The van der Waals surface area contributed by atoms with Gasteiger partial charge in [-0.25, -0.2) is 8.42 Å². The Bertz CT molecular complexity index is 806. The smallest absolute Gasteiger partial charge is 0.313 e. The normalized spacial score (nSPS) is 27.1. The number of benzene rings is 1. The number of ether oxygens (including phenoxy) is 2. The van der Waals surface area contributed by atoms with Crippen LogP contribution in [0.4, 0.5) is 0 Å². The van der Waals surface area contributed by atoms with E-state index in [4.69, 9.17) is 9.47 Å². The quantitative estimate of drug-likeness (QED) is 0.863. The Morgan fingerprint density at radius 1 is 1.36 bits per heavy atom. The van der Waals surface area contributed by atoms with Crippen molar-refractivity contribution in [1.82, 2.24) is 4.31 Å². The molecule has 0 aliphatic carbocycles. The SMILES string of the molecule is COc1cc(S(=O)(=O)N2C[C@@H]3CCOC[C@]3(C(=O)O)C2)c(C)cc1C. The summed E-state index contributed by atoms with van der Waals surface area (Å²) >= 11 is 0. The summed E-state index contributed by atoms with van der Waals surface area (Å²) in [5, 5.41) is 9.70. The van der Waals surface area contributed by atoms with Crippen molar-refractivity contribution in [2.24, 2.45) is 11.3 Å². The van der Waals surface area contributed by atoms with Gasteiger partial charge in [0, 0.05) is 25.8 Å². The van der Waals surface area contributed by atoms with Crippen molar-refractivity contribution in [3.63, 3.8) is 0 Å². The Morgan fingerprint density at radius 2 is 2.08 bits per heavy atom. The molecule has 3 rings (SSSR count). The number of aryl methyl sites for hydroxylation is 2. The van der Waals surface area contributed by atoms with Crippen LogP contribution in [0.15, 0.2) is 17.0 Å². The van der Waals surface area contributed by atoms with Crippen LogP contribution < -0.4 is 4.74 Å². The van der Waals surface area contributed by atoms with E-state index in [9.17, 15) is 18.3 Å². The lowest BCUT2D eigenvalue weighted by Gasteiger charge is -2.34. The molecule has 0 saturated carbocycles. The van der Waals surface area contributed by atoms with Gasteiger partial charge in [-0.2, -0.15) is 4.31 Å². The predicted octanol–water partition coefficient (Wildman–Crippen LogP) is 1.42. The average Bonchev–Trinajstić information content (AvgIpc) is 2.96. The van der Waals surface area contributed by atoms with Gasteiger partial charge >= 0.3 is 5.97 Å². The maximum Gasteiger partial charge on any atom is 0.313 e. The summed E-state index contributed by atoms with van der Waals surface area (Å²) < 4.78 is 38.3. The van der Waals surface area contributed by atoms with Gasteiger partial charge in [-0.05, 0) is 37.3 Å². The van der Waals surface area contributed by atoms with E-state index in [0.717, 1.165) is 5.56 Å². The maximum atomic E-state index is 13.2. The molecular weight excluding hydrogens is 346 g/mol. The molecule has 7 nitrogen and oxygen atoms in total.